The van der Waals surface area contributed by atoms with Crippen molar-refractivity contribution in [2.45, 2.75) is 108 Å². The fourth-order valence-electron chi connectivity index (χ4n) is 7.28. The van der Waals surface area contributed by atoms with Crippen molar-refractivity contribution in [1.82, 2.24) is 52.5 Å². The minimum absolute atomic E-state index is 0.0290. The first kappa shape index (κ1) is 54.3. The number of H-pyrrole nitrogens is 1. The lowest BCUT2D eigenvalue weighted by Crippen LogP contribution is -2.63. The van der Waals surface area contributed by atoms with E-state index >= 15 is 0 Å². The molecule has 70 heavy (non-hydrogen) atoms. The summed E-state index contributed by atoms with van der Waals surface area (Å²) < 4.78 is 0. The van der Waals surface area contributed by atoms with Crippen molar-refractivity contribution in [3.05, 3.63) is 66.2 Å². The van der Waals surface area contributed by atoms with Crippen molar-refractivity contribution >= 4 is 75.9 Å². The monoisotopic (exact) mass is 973 g/mol. The van der Waals surface area contributed by atoms with E-state index in [0.29, 0.717) is 11.3 Å². The molecule has 26 nitrogen and oxygen atoms in total. The number of fused-ring (bicyclic) bond motifs is 1. The van der Waals surface area contributed by atoms with Gasteiger partial charge in [-0.05, 0) is 55.4 Å². The molecular formula is C44H63N17O9. The van der Waals surface area contributed by atoms with Gasteiger partial charge in [0, 0.05) is 57.7 Å². The molecule has 1 fully saturated rings. The van der Waals surface area contributed by atoms with Gasteiger partial charge in [-0.2, -0.15) is 0 Å². The summed E-state index contributed by atoms with van der Waals surface area (Å²) in [6.45, 7) is 2.03. The number of hydrogen-bond acceptors (Lipinski definition) is 12. The van der Waals surface area contributed by atoms with Crippen LogP contribution in [-0.2, 0) is 56.0 Å². The zero-order chi connectivity index (χ0) is 51.3. The zero-order valence-corrected chi connectivity index (χ0v) is 38.9. The van der Waals surface area contributed by atoms with Crippen LogP contribution in [0.4, 0.5) is 0 Å². The molecule has 19 N–H and O–H groups in total. The minimum atomic E-state index is -1.67. The normalized spacial score (nSPS) is 19.9. The first-order valence-corrected chi connectivity index (χ1v) is 22.5. The highest BCUT2D eigenvalue weighted by atomic mass is 16.2. The number of aromatic nitrogens is 2. The van der Waals surface area contributed by atoms with Crippen LogP contribution in [0.2, 0.25) is 0 Å². The number of carbonyl (C=O) groups is 9. The van der Waals surface area contributed by atoms with Crippen molar-refractivity contribution in [2.24, 2.45) is 38.7 Å². The minimum Gasteiger partial charge on any atom is -0.370 e. The van der Waals surface area contributed by atoms with Gasteiger partial charge < -0.3 is 76.2 Å². The number of primary amides is 1. The molecule has 0 saturated carbocycles. The first-order valence-electron chi connectivity index (χ1n) is 22.5. The molecule has 0 radical (unpaired) electrons. The molecule has 0 spiro atoms. The quantitative estimate of drug-likeness (QED) is 0.0288. The number of nitrogens with two attached hydrogens (primary N) is 5. The van der Waals surface area contributed by atoms with E-state index in [1.807, 2.05) is 36.4 Å². The maximum atomic E-state index is 14.5. The molecule has 2 heterocycles. The van der Waals surface area contributed by atoms with Gasteiger partial charge >= 0.3 is 0 Å². The van der Waals surface area contributed by atoms with E-state index in [0.717, 1.165) is 10.8 Å². The van der Waals surface area contributed by atoms with E-state index in [4.69, 9.17) is 28.7 Å². The predicted octanol–water partition coefficient (Wildman–Crippen LogP) is -4.72. The summed E-state index contributed by atoms with van der Waals surface area (Å²) in [6, 6.07) is 3.17. The lowest BCUT2D eigenvalue weighted by molar-refractivity contribution is -0.136. The second kappa shape index (κ2) is 26.9. The number of nitrogens with zero attached hydrogens (tertiary/aromatic N) is 3. The van der Waals surface area contributed by atoms with E-state index in [1.54, 1.807) is 6.07 Å². The van der Waals surface area contributed by atoms with E-state index in [-0.39, 0.29) is 76.4 Å². The Balaban J connectivity index is 1.73. The number of rotatable bonds is 20. The first-order chi connectivity index (χ1) is 33.3. The molecule has 1 aliphatic rings. The lowest BCUT2D eigenvalue weighted by Gasteiger charge is -2.29. The molecule has 0 bridgehead atoms. The van der Waals surface area contributed by atoms with Gasteiger partial charge in [0.2, 0.25) is 53.2 Å². The number of aliphatic imine (C=N–C) groups is 2. The maximum Gasteiger partial charge on any atom is 0.245 e. The number of aromatic amines is 1. The van der Waals surface area contributed by atoms with Gasteiger partial charge in [0.1, 0.15) is 42.3 Å². The van der Waals surface area contributed by atoms with Crippen molar-refractivity contribution in [1.29, 1.82) is 0 Å². The van der Waals surface area contributed by atoms with Crippen molar-refractivity contribution in [3.63, 3.8) is 0 Å². The topological polar surface area (TPSA) is 433 Å². The molecule has 0 aliphatic carbocycles. The molecular weight excluding hydrogens is 911 g/mol. The highest BCUT2D eigenvalue weighted by Gasteiger charge is 2.35. The van der Waals surface area contributed by atoms with Crippen molar-refractivity contribution < 1.29 is 43.2 Å². The van der Waals surface area contributed by atoms with Crippen LogP contribution in [0.5, 0.6) is 0 Å². The standard InChI is InChI=1S/C44H63N17O9/c1-23(55-38(66)29(56-24(2)62)9-5-15-51-43(46)47)36(64)61-34-21-53-37(65)31(13-14-35(45)63)58-41(69)33(19-28-20-50-22-54-28)60-40(68)32(18-25-11-12-26-7-3-4-8-27(26)17-25)59-39(67)30(57-42(34)70)10-6-16-52-44(48)49/h3-4,7-8,11-12,17,20,22-23,29-34H,5-6,9-10,13-16,18-19,21H2,1-2H3,(H2,45,63)(H,50,54)(H,53,65)(H,55,66)(H,56,62)(H,57,70)(H,58,69)(H,59,67)(H,60,68)(H,61,64)(H4,46,47,51)(H4,48,49,52)/t23-,29-,30-,31+,32-,33-,34-/m0/s1. The van der Waals surface area contributed by atoms with Crippen LogP contribution in [0.25, 0.3) is 10.8 Å². The van der Waals surface area contributed by atoms with Gasteiger partial charge in [0.15, 0.2) is 11.9 Å². The summed E-state index contributed by atoms with van der Waals surface area (Å²) in [7, 11) is 0. The highest BCUT2D eigenvalue weighted by Crippen LogP contribution is 2.18. The average Bonchev–Trinajstić information content (AvgIpc) is 3.82. The average molecular weight is 974 g/mol. The molecule has 7 atom stereocenters. The maximum absolute atomic E-state index is 14.5. The predicted molar refractivity (Wildman–Crippen MR) is 256 cm³/mol. The second-order valence-corrected chi connectivity index (χ2v) is 16.6. The summed E-state index contributed by atoms with van der Waals surface area (Å²) in [5, 5.41) is 22.4. The molecule has 2 aromatic carbocycles. The molecule has 26 heteroatoms. The Morgan fingerprint density at radius 1 is 0.714 bits per heavy atom. The van der Waals surface area contributed by atoms with Crippen LogP contribution in [0, 0.1) is 0 Å². The van der Waals surface area contributed by atoms with E-state index in [2.05, 4.69) is 62.5 Å². The van der Waals surface area contributed by atoms with Crippen molar-refractivity contribution in [2.75, 3.05) is 19.6 Å². The number of imidazole rings is 1. The van der Waals surface area contributed by atoms with E-state index < -0.39 is 102 Å². The van der Waals surface area contributed by atoms with Crippen LogP contribution in [0.3, 0.4) is 0 Å². The van der Waals surface area contributed by atoms with E-state index in [1.165, 1.54) is 26.4 Å². The fraction of sp³-hybridized carbons (Fsp3) is 0.455. The van der Waals surface area contributed by atoms with Gasteiger partial charge in [0.05, 0.1) is 6.33 Å². The Kier molecular flexibility index (Phi) is 20.8. The molecule has 0 unspecified atom stereocenters. The number of carbonyl (C=O) groups excluding carboxylic acids is 9. The summed E-state index contributed by atoms with van der Waals surface area (Å²) in [5.74, 6) is -7.84. The Hall–Kier alpha value is -8.32. The molecule has 1 aliphatic heterocycles. The largest absolute Gasteiger partial charge is 0.370 e. The molecule has 3 aromatic rings. The highest BCUT2D eigenvalue weighted by molar-refractivity contribution is 5.98. The summed E-state index contributed by atoms with van der Waals surface area (Å²) in [5.41, 5.74) is 28.3. The number of nitrogens with one attached hydrogen (secondary N) is 9. The Morgan fingerprint density at radius 3 is 1.94 bits per heavy atom. The van der Waals surface area contributed by atoms with Crippen LogP contribution >= 0.6 is 0 Å². The summed E-state index contributed by atoms with van der Waals surface area (Å²) in [4.78, 5) is 137. The van der Waals surface area contributed by atoms with Gasteiger partial charge in [-0.3, -0.25) is 53.1 Å². The number of benzene rings is 2. The smallest absolute Gasteiger partial charge is 0.245 e. The SMILES string of the molecule is CC(=O)N[C@@H](CCCN=C(N)N)C(=O)N[C@@H](C)C(=O)N[C@H]1CNC(=O)[C@@H](CCC(N)=O)NC(=O)[C@H](Cc2cnc[nH]2)NC(=O)[C@H](Cc2ccc3ccccc3c2)NC(=O)[C@H](CCCN=C(N)N)NC1=O. The molecule has 9 amide bonds. The molecule has 4 rings (SSSR count). The summed E-state index contributed by atoms with van der Waals surface area (Å²) >= 11 is 0. The number of hydrogen-bond donors (Lipinski definition) is 14. The third kappa shape index (κ3) is 18.1. The van der Waals surface area contributed by atoms with Gasteiger partial charge in [-0.25, -0.2) is 4.98 Å². The second-order valence-electron chi connectivity index (χ2n) is 16.6. The van der Waals surface area contributed by atoms with Crippen LogP contribution in [0.1, 0.15) is 63.6 Å². The van der Waals surface area contributed by atoms with E-state index in [9.17, 15) is 43.2 Å². The van der Waals surface area contributed by atoms with Crippen molar-refractivity contribution in [3.8, 4) is 0 Å². The number of guanidine groups is 2. The van der Waals surface area contributed by atoms with Crippen LogP contribution in [-0.4, -0.2) is 137 Å². The fourth-order valence-corrected chi connectivity index (χ4v) is 7.28. The molecule has 1 saturated heterocycles. The van der Waals surface area contributed by atoms with Crippen LogP contribution in [0.15, 0.2) is 65.0 Å². The Bertz CT molecular complexity index is 2400. The Morgan fingerprint density at radius 2 is 1.31 bits per heavy atom. The van der Waals surface area contributed by atoms with Gasteiger partial charge in [-0.15, -0.1) is 0 Å². The zero-order valence-electron chi connectivity index (χ0n) is 38.9. The van der Waals surface area contributed by atoms with Crippen LogP contribution < -0.4 is 71.2 Å². The van der Waals surface area contributed by atoms with Gasteiger partial charge in [-0.1, -0.05) is 42.5 Å². The Labute approximate surface area is 402 Å². The molecule has 1 aromatic heterocycles. The third-order valence-electron chi connectivity index (χ3n) is 10.9. The lowest BCUT2D eigenvalue weighted by atomic mass is 9.99. The number of amides is 9. The molecule has 378 valence electrons. The third-order valence-corrected chi connectivity index (χ3v) is 10.9. The van der Waals surface area contributed by atoms with Gasteiger partial charge in [0.25, 0.3) is 0 Å². The summed E-state index contributed by atoms with van der Waals surface area (Å²) in [6.07, 6.45) is 2.24.